The molecule has 0 amide bonds. The van der Waals surface area contributed by atoms with Crippen LogP contribution >= 0.6 is 0 Å². The summed E-state index contributed by atoms with van der Waals surface area (Å²) in [5.74, 6) is -0.942. The summed E-state index contributed by atoms with van der Waals surface area (Å²) in [5.41, 5.74) is 3.16. The fourth-order valence-electron chi connectivity index (χ4n) is 3.04. The molecule has 0 saturated heterocycles. The molecule has 1 aliphatic carbocycles. The Bertz CT molecular complexity index is 876. The molecule has 0 unspecified atom stereocenters. The maximum atomic E-state index is 14.8. The van der Waals surface area contributed by atoms with E-state index < -0.39 is 11.8 Å². The van der Waals surface area contributed by atoms with Crippen LogP contribution in [0.15, 0.2) is 42.0 Å². The van der Waals surface area contributed by atoms with Crippen molar-refractivity contribution in [2.24, 2.45) is 0 Å². The van der Waals surface area contributed by atoms with Gasteiger partial charge in [0, 0.05) is 0 Å². The zero-order chi connectivity index (χ0) is 17.8. The molecule has 2 aromatic carbocycles. The number of halogens is 1. The molecule has 0 radical (unpaired) electrons. The number of nitriles is 1. The highest BCUT2D eigenvalue weighted by molar-refractivity contribution is 5.92. The molecule has 1 aliphatic rings. The van der Waals surface area contributed by atoms with Crippen molar-refractivity contribution in [1.82, 2.24) is 0 Å². The zero-order valence-corrected chi connectivity index (χ0v) is 14.0. The minimum absolute atomic E-state index is 0.0598. The van der Waals surface area contributed by atoms with Gasteiger partial charge >= 0.3 is 5.97 Å². The number of esters is 1. The highest BCUT2D eigenvalue weighted by atomic mass is 19.1. The molecule has 0 bridgehead atoms. The van der Waals surface area contributed by atoms with E-state index in [4.69, 9.17) is 10.00 Å². The number of benzene rings is 2. The molecule has 3 nitrogen and oxygen atoms in total. The molecule has 2 aromatic rings. The maximum absolute atomic E-state index is 14.8. The first-order valence-corrected chi connectivity index (χ1v) is 8.35. The number of allylic oxidation sites excluding steroid dienone is 1. The largest absolute Gasteiger partial charge is 0.423 e. The average molecular weight is 335 g/mol. The van der Waals surface area contributed by atoms with Crippen molar-refractivity contribution in [3.8, 4) is 11.8 Å². The molecule has 126 valence electrons. The van der Waals surface area contributed by atoms with E-state index in [-0.39, 0.29) is 11.3 Å². The number of carbonyl (C=O) groups is 1. The van der Waals surface area contributed by atoms with Crippen LogP contribution in [0.1, 0.15) is 53.2 Å². The van der Waals surface area contributed by atoms with Gasteiger partial charge in [0.15, 0.2) is 0 Å². The third kappa shape index (κ3) is 3.61. The molecule has 0 spiro atoms. The van der Waals surface area contributed by atoms with Crippen LogP contribution in [0.3, 0.4) is 0 Å². The van der Waals surface area contributed by atoms with Crippen LogP contribution in [-0.4, -0.2) is 5.97 Å². The summed E-state index contributed by atoms with van der Waals surface area (Å²) < 4.78 is 20.0. The second kappa shape index (κ2) is 7.31. The Kier molecular flexibility index (Phi) is 4.95. The Morgan fingerprint density at radius 1 is 1.20 bits per heavy atom. The number of carbonyl (C=O) groups excluding carboxylic acids is 1. The standard InChI is InChI=1S/C21H18FNO2/c1-2-3-14-6-10-18-16(12-14)7-11-19(20(18)22)21(24)25-17-8-4-15(13-23)5-9-17/h4-5,7-9,11-12H,2-3,6,10H2,1H3. The molecule has 4 heteroatoms. The normalized spacial score (nSPS) is 12.8. The summed E-state index contributed by atoms with van der Waals surface area (Å²) in [4.78, 5) is 12.3. The maximum Gasteiger partial charge on any atom is 0.346 e. The monoisotopic (exact) mass is 335 g/mol. The molecular formula is C21H18FNO2. The second-order valence-electron chi connectivity index (χ2n) is 6.07. The minimum atomic E-state index is -0.728. The fourth-order valence-corrected chi connectivity index (χ4v) is 3.04. The highest BCUT2D eigenvalue weighted by Gasteiger charge is 2.21. The molecule has 0 saturated carbocycles. The first-order valence-electron chi connectivity index (χ1n) is 8.35. The van der Waals surface area contributed by atoms with E-state index in [9.17, 15) is 9.18 Å². The van der Waals surface area contributed by atoms with Gasteiger partial charge in [-0.1, -0.05) is 31.1 Å². The van der Waals surface area contributed by atoms with Gasteiger partial charge < -0.3 is 4.74 Å². The van der Waals surface area contributed by atoms with Crippen LogP contribution in [0.25, 0.3) is 6.08 Å². The molecule has 0 fully saturated rings. The summed E-state index contributed by atoms with van der Waals surface area (Å²) in [5, 5.41) is 8.78. The van der Waals surface area contributed by atoms with Crippen LogP contribution < -0.4 is 4.74 Å². The van der Waals surface area contributed by atoms with Crippen molar-refractivity contribution in [2.45, 2.75) is 32.6 Å². The van der Waals surface area contributed by atoms with E-state index in [1.165, 1.54) is 23.8 Å². The summed E-state index contributed by atoms with van der Waals surface area (Å²) in [7, 11) is 0. The van der Waals surface area contributed by atoms with Gasteiger partial charge in [0.2, 0.25) is 0 Å². The van der Waals surface area contributed by atoms with Gasteiger partial charge in [0.05, 0.1) is 17.2 Å². The summed E-state index contributed by atoms with van der Waals surface area (Å²) in [6.45, 7) is 2.12. The van der Waals surface area contributed by atoms with Gasteiger partial charge in [-0.3, -0.25) is 0 Å². The van der Waals surface area contributed by atoms with Gasteiger partial charge in [-0.15, -0.1) is 0 Å². The molecule has 0 heterocycles. The number of nitrogens with zero attached hydrogens (tertiary/aromatic N) is 1. The van der Waals surface area contributed by atoms with E-state index in [1.807, 2.05) is 12.1 Å². The smallest absolute Gasteiger partial charge is 0.346 e. The molecular weight excluding hydrogens is 317 g/mol. The Labute approximate surface area is 146 Å². The van der Waals surface area contributed by atoms with Gasteiger partial charge in [-0.2, -0.15) is 5.26 Å². The Hall–Kier alpha value is -2.93. The lowest BCUT2D eigenvalue weighted by Gasteiger charge is -2.18. The third-order valence-corrected chi connectivity index (χ3v) is 4.32. The lowest BCUT2D eigenvalue weighted by molar-refractivity contribution is 0.0729. The number of hydrogen-bond acceptors (Lipinski definition) is 3. The van der Waals surface area contributed by atoms with Crippen LogP contribution in [0.5, 0.6) is 5.75 Å². The summed E-state index contributed by atoms with van der Waals surface area (Å²) in [6, 6.07) is 11.4. The van der Waals surface area contributed by atoms with Gasteiger partial charge in [0.25, 0.3) is 0 Å². The van der Waals surface area contributed by atoms with E-state index >= 15 is 0 Å². The predicted octanol–water partition coefficient (Wildman–Crippen LogP) is 5.05. The van der Waals surface area contributed by atoms with Crippen molar-refractivity contribution >= 4 is 12.0 Å². The molecule has 3 rings (SSSR count). The van der Waals surface area contributed by atoms with Crippen molar-refractivity contribution < 1.29 is 13.9 Å². The van der Waals surface area contributed by atoms with Crippen molar-refractivity contribution in [2.75, 3.05) is 0 Å². The predicted molar refractivity (Wildman–Crippen MR) is 93.7 cm³/mol. The quantitative estimate of drug-likeness (QED) is 0.580. The van der Waals surface area contributed by atoms with Gasteiger partial charge in [-0.25, -0.2) is 9.18 Å². The topological polar surface area (TPSA) is 50.1 Å². The van der Waals surface area contributed by atoms with E-state index in [1.54, 1.807) is 18.2 Å². The molecule has 25 heavy (non-hydrogen) atoms. The lowest BCUT2D eigenvalue weighted by Crippen LogP contribution is -2.14. The first-order chi connectivity index (χ1) is 12.1. The summed E-state index contributed by atoms with van der Waals surface area (Å²) >= 11 is 0. The van der Waals surface area contributed by atoms with E-state index in [0.717, 1.165) is 24.8 Å². The molecule has 0 aromatic heterocycles. The SMILES string of the molecule is CCCC1=Cc2ccc(C(=O)Oc3ccc(C#N)cc3)c(F)c2CC1. The first kappa shape index (κ1) is 16.9. The second-order valence-corrected chi connectivity index (χ2v) is 6.07. The van der Waals surface area contributed by atoms with Crippen LogP contribution in [0.4, 0.5) is 4.39 Å². The number of rotatable bonds is 4. The Balaban J connectivity index is 1.83. The van der Waals surface area contributed by atoms with Crippen molar-refractivity contribution in [3.05, 3.63) is 70.0 Å². The van der Waals surface area contributed by atoms with Gasteiger partial charge in [0.1, 0.15) is 11.6 Å². The number of fused-ring (bicyclic) bond motifs is 1. The van der Waals surface area contributed by atoms with Crippen molar-refractivity contribution in [3.63, 3.8) is 0 Å². The van der Waals surface area contributed by atoms with Crippen LogP contribution in [-0.2, 0) is 6.42 Å². The van der Waals surface area contributed by atoms with E-state index in [0.29, 0.717) is 17.5 Å². The number of hydrogen-bond donors (Lipinski definition) is 0. The lowest BCUT2D eigenvalue weighted by atomic mass is 9.88. The molecule has 0 N–H and O–H groups in total. The summed E-state index contributed by atoms with van der Waals surface area (Å²) in [6.07, 6.45) is 5.54. The average Bonchev–Trinajstić information content (AvgIpc) is 2.63. The number of ether oxygens (including phenoxy) is 1. The fraction of sp³-hybridized carbons (Fsp3) is 0.238. The molecule has 0 aliphatic heterocycles. The van der Waals surface area contributed by atoms with Crippen LogP contribution in [0, 0.1) is 17.1 Å². The Morgan fingerprint density at radius 3 is 2.64 bits per heavy atom. The Morgan fingerprint density at radius 2 is 1.96 bits per heavy atom. The van der Waals surface area contributed by atoms with Crippen molar-refractivity contribution in [1.29, 1.82) is 5.26 Å². The minimum Gasteiger partial charge on any atom is -0.423 e. The highest BCUT2D eigenvalue weighted by Crippen LogP contribution is 2.30. The zero-order valence-electron chi connectivity index (χ0n) is 14.0. The third-order valence-electron chi connectivity index (χ3n) is 4.32. The van der Waals surface area contributed by atoms with Gasteiger partial charge in [-0.05, 0) is 60.7 Å². The van der Waals surface area contributed by atoms with Crippen LogP contribution in [0.2, 0.25) is 0 Å². The van der Waals surface area contributed by atoms with E-state index in [2.05, 4.69) is 6.92 Å². The molecule has 0 atom stereocenters.